The number of halogens is 3. The minimum absolute atomic E-state index is 0.252. The summed E-state index contributed by atoms with van der Waals surface area (Å²) in [4.78, 5) is 15.1. The molecule has 4 nitrogen and oxygen atoms in total. The average molecular weight is 443 g/mol. The van der Waals surface area contributed by atoms with E-state index >= 15 is 0 Å². The lowest BCUT2D eigenvalue weighted by atomic mass is 9.75. The van der Waals surface area contributed by atoms with Gasteiger partial charge in [0.2, 0.25) is 0 Å². The van der Waals surface area contributed by atoms with Crippen LogP contribution in [-0.4, -0.2) is 35.7 Å². The van der Waals surface area contributed by atoms with Crippen molar-refractivity contribution in [2.45, 2.75) is 51.6 Å². The first kappa shape index (κ1) is 22.6. The Bertz CT molecular complexity index is 1030. The fraction of sp³-hybridized carbons (Fsp3) is 0.375. The second-order valence-electron chi connectivity index (χ2n) is 9.21. The zero-order valence-electron chi connectivity index (χ0n) is 18.5. The molecule has 2 aliphatic heterocycles. The summed E-state index contributed by atoms with van der Waals surface area (Å²) in [5, 5.41) is 0. The fourth-order valence-corrected chi connectivity index (χ4v) is 3.90. The molecule has 0 radical (unpaired) electrons. The molecule has 0 saturated carbocycles. The predicted octanol–water partition coefficient (Wildman–Crippen LogP) is 5.13. The number of hydrogen-bond donors (Lipinski definition) is 0. The van der Waals surface area contributed by atoms with E-state index < -0.39 is 30.1 Å². The van der Waals surface area contributed by atoms with Crippen molar-refractivity contribution in [3.63, 3.8) is 0 Å². The van der Waals surface area contributed by atoms with Crippen LogP contribution in [0.25, 0.3) is 5.57 Å². The van der Waals surface area contributed by atoms with Crippen molar-refractivity contribution in [2.24, 2.45) is 0 Å². The van der Waals surface area contributed by atoms with Crippen LogP contribution in [0.15, 0.2) is 60.1 Å². The van der Waals surface area contributed by atoms with Crippen molar-refractivity contribution in [1.29, 1.82) is 0 Å². The molecule has 2 aliphatic rings. The van der Waals surface area contributed by atoms with Crippen LogP contribution in [0.2, 0.25) is 0 Å². The van der Waals surface area contributed by atoms with E-state index in [1.54, 1.807) is 4.90 Å². The van der Waals surface area contributed by atoms with Crippen molar-refractivity contribution < 1.29 is 27.3 Å². The summed E-state index contributed by atoms with van der Waals surface area (Å²) >= 11 is 0. The molecule has 0 spiro atoms. The first-order chi connectivity index (χ1) is 14.9. The lowest BCUT2D eigenvalue weighted by Crippen LogP contribution is -2.41. The zero-order valence-corrected chi connectivity index (χ0v) is 18.5. The molecular weight excluding hydrogens is 418 g/mol. The predicted molar refractivity (Wildman–Crippen MR) is 116 cm³/mol. The summed E-state index contributed by atoms with van der Waals surface area (Å²) in [5.74, 6) is -0.252. The van der Waals surface area contributed by atoms with Gasteiger partial charge in [-0.2, -0.15) is 13.2 Å². The normalized spacial score (nSPS) is 20.4. The van der Waals surface area contributed by atoms with Crippen LogP contribution in [0.4, 0.5) is 13.2 Å². The number of carbonyl (C=O) groups excluding carboxylic acids is 1. The molecule has 2 heterocycles. The second-order valence-corrected chi connectivity index (χ2v) is 9.21. The Hall–Kier alpha value is -2.58. The van der Waals surface area contributed by atoms with Crippen molar-refractivity contribution in [3.05, 3.63) is 76.8 Å². The maximum absolute atomic E-state index is 13.4. The van der Waals surface area contributed by atoms with E-state index in [-0.39, 0.29) is 12.5 Å². The van der Waals surface area contributed by atoms with Gasteiger partial charge in [0, 0.05) is 18.7 Å². The van der Waals surface area contributed by atoms with Gasteiger partial charge in [-0.3, -0.25) is 4.79 Å². The van der Waals surface area contributed by atoms with Gasteiger partial charge in [0.25, 0.3) is 5.91 Å². The topological polar surface area (TPSA) is 38.8 Å². The van der Waals surface area contributed by atoms with Crippen LogP contribution in [-0.2, 0) is 26.8 Å². The van der Waals surface area contributed by atoms with E-state index in [1.807, 2.05) is 58.0 Å². The molecule has 0 N–H and O–H groups in total. The van der Waals surface area contributed by atoms with E-state index in [2.05, 4.69) is 0 Å². The summed E-state index contributed by atoms with van der Waals surface area (Å²) in [6, 6.07) is 14.2. The molecule has 4 rings (SSSR count). The van der Waals surface area contributed by atoms with Gasteiger partial charge in [0.1, 0.15) is 0 Å². The molecule has 0 bridgehead atoms. The monoisotopic (exact) mass is 443 g/mol. The van der Waals surface area contributed by atoms with Crippen molar-refractivity contribution in [1.82, 2.24) is 4.90 Å². The van der Waals surface area contributed by atoms with E-state index in [9.17, 15) is 18.0 Å². The summed E-state index contributed by atoms with van der Waals surface area (Å²) in [7, 11) is -0.762. The highest BCUT2D eigenvalue weighted by molar-refractivity contribution is 6.59. The Morgan fingerprint density at radius 2 is 1.50 bits per heavy atom. The van der Waals surface area contributed by atoms with Crippen molar-refractivity contribution >= 4 is 18.6 Å². The zero-order chi connectivity index (χ0) is 23.3. The Kier molecular flexibility index (Phi) is 5.50. The minimum Gasteiger partial charge on any atom is -0.400 e. The Labute approximate surface area is 186 Å². The van der Waals surface area contributed by atoms with Gasteiger partial charge in [0.15, 0.2) is 0 Å². The number of hydrogen-bond acceptors (Lipinski definition) is 3. The standard InChI is InChI=1S/C24H25BF3NO3/c1-22(2)23(3,4)32-25(31-22)19-15-29(14-16-8-6-5-7-9-16)21(30)20(19)17-10-12-18(13-11-17)24(26,27)28/h5-13H,14-15H2,1-4H3. The molecule has 32 heavy (non-hydrogen) atoms. The smallest absolute Gasteiger partial charge is 0.400 e. The largest absolute Gasteiger partial charge is 0.493 e. The molecule has 0 atom stereocenters. The molecule has 1 fully saturated rings. The molecule has 0 aliphatic carbocycles. The first-order valence-electron chi connectivity index (χ1n) is 10.5. The highest BCUT2D eigenvalue weighted by atomic mass is 19.4. The van der Waals surface area contributed by atoms with Crippen LogP contribution >= 0.6 is 0 Å². The third-order valence-electron chi connectivity index (χ3n) is 6.44. The summed E-state index contributed by atoms with van der Waals surface area (Å²) in [5.41, 5.74) is 0.381. The first-order valence-corrected chi connectivity index (χ1v) is 10.5. The number of benzene rings is 2. The van der Waals surface area contributed by atoms with Crippen LogP contribution < -0.4 is 0 Å². The van der Waals surface area contributed by atoms with Gasteiger partial charge >= 0.3 is 13.3 Å². The lowest BCUT2D eigenvalue weighted by Gasteiger charge is -2.32. The van der Waals surface area contributed by atoms with E-state index in [1.165, 1.54) is 12.1 Å². The Balaban J connectivity index is 1.72. The number of carbonyl (C=O) groups is 1. The lowest BCUT2D eigenvalue weighted by molar-refractivity contribution is -0.137. The molecule has 8 heteroatoms. The highest BCUT2D eigenvalue weighted by Gasteiger charge is 2.54. The third kappa shape index (κ3) is 4.09. The maximum atomic E-state index is 13.4. The van der Waals surface area contributed by atoms with Crippen LogP contribution in [0.5, 0.6) is 0 Å². The minimum atomic E-state index is -4.44. The number of nitrogens with zero attached hydrogens (tertiary/aromatic N) is 1. The molecule has 0 unspecified atom stereocenters. The van der Waals surface area contributed by atoms with Crippen molar-refractivity contribution in [3.8, 4) is 0 Å². The van der Waals surface area contributed by atoms with E-state index in [4.69, 9.17) is 9.31 Å². The summed E-state index contributed by atoms with van der Waals surface area (Å²) < 4.78 is 51.5. The van der Waals surface area contributed by atoms with Gasteiger partial charge in [-0.25, -0.2) is 0 Å². The molecule has 1 amide bonds. The SMILES string of the molecule is CC1(C)OB(C2=C(c3ccc(C(F)(F)F)cc3)C(=O)N(Cc3ccccc3)C2)OC1(C)C. The quantitative estimate of drug-likeness (QED) is 0.615. The van der Waals surface area contributed by atoms with Crippen LogP contribution in [0.1, 0.15) is 44.4 Å². The maximum Gasteiger partial charge on any atom is 0.493 e. The molecular formula is C24H25BF3NO3. The highest BCUT2D eigenvalue weighted by Crippen LogP contribution is 2.42. The second kappa shape index (κ2) is 7.78. The number of rotatable bonds is 4. The van der Waals surface area contributed by atoms with Gasteiger partial charge in [-0.05, 0) is 56.4 Å². The Morgan fingerprint density at radius 1 is 0.938 bits per heavy atom. The van der Waals surface area contributed by atoms with Gasteiger partial charge < -0.3 is 14.2 Å². The van der Waals surface area contributed by atoms with Gasteiger partial charge in [-0.15, -0.1) is 0 Å². The fourth-order valence-electron chi connectivity index (χ4n) is 3.90. The van der Waals surface area contributed by atoms with Gasteiger partial charge in [0.05, 0.1) is 16.8 Å². The molecule has 2 aromatic rings. The van der Waals surface area contributed by atoms with Crippen LogP contribution in [0.3, 0.4) is 0 Å². The molecule has 168 valence electrons. The van der Waals surface area contributed by atoms with E-state index in [0.29, 0.717) is 23.2 Å². The van der Waals surface area contributed by atoms with E-state index in [0.717, 1.165) is 17.7 Å². The summed E-state index contributed by atoms with van der Waals surface area (Å²) in [6.07, 6.45) is -4.44. The van der Waals surface area contributed by atoms with Gasteiger partial charge in [-0.1, -0.05) is 42.5 Å². The van der Waals surface area contributed by atoms with Crippen LogP contribution in [0, 0.1) is 0 Å². The molecule has 2 aromatic carbocycles. The molecule has 0 aromatic heterocycles. The third-order valence-corrected chi connectivity index (χ3v) is 6.44. The Morgan fingerprint density at radius 3 is 2.03 bits per heavy atom. The number of amides is 1. The number of alkyl halides is 3. The summed E-state index contributed by atoms with van der Waals surface area (Å²) in [6.45, 7) is 8.34. The van der Waals surface area contributed by atoms with Crippen molar-refractivity contribution in [2.75, 3.05) is 6.54 Å². The average Bonchev–Trinajstić information content (AvgIpc) is 3.14. The molecule has 1 saturated heterocycles.